The summed E-state index contributed by atoms with van der Waals surface area (Å²) in [5, 5.41) is 22.7. The van der Waals surface area contributed by atoms with Gasteiger partial charge in [0.2, 0.25) is 0 Å². The summed E-state index contributed by atoms with van der Waals surface area (Å²) in [4.78, 5) is 0. The molecule has 4 heteroatoms. The van der Waals surface area contributed by atoms with Gasteiger partial charge >= 0.3 is 30.2 Å². The van der Waals surface area contributed by atoms with E-state index in [0.717, 1.165) is 0 Å². The van der Waals surface area contributed by atoms with E-state index in [2.05, 4.69) is 93.5 Å². The third-order valence-corrected chi connectivity index (χ3v) is 5.04. The molecule has 0 saturated heterocycles. The van der Waals surface area contributed by atoms with Crippen LogP contribution >= 0.6 is 0 Å². The maximum absolute atomic E-state index is 8.63. The number of phenolic OH excluding ortho intramolecular Hbond substituents is 2. The van der Waals surface area contributed by atoms with E-state index in [4.69, 9.17) is 10.2 Å². The molecule has 6 rings (SSSR count). The van der Waals surface area contributed by atoms with Crippen molar-refractivity contribution < 1.29 is 33.5 Å². The molecule has 6 aromatic rings. The van der Waals surface area contributed by atoms with Gasteiger partial charge in [-0.3, -0.25) is 0 Å². The Bertz CT molecular complexity index is 1230. The van der Waals surface area contributed by atoms with Crippen LogP contribution in [0.4, 0.5) is 0 Å². The van der Waals surface area contributed by atoms with E-state index in [-0.39, 0.29) is 14.9 Å². The van der Waals surface area contributed by atoms with Crippen LogP contribution in [0.15, 0.2) is 133 Å². The number of aromatic hydroxyl groups is 2. The van der Waals surface area contributed by atoms with Crippen molar-refractivity contribution in [1.82, 2.24) is 0 Å². The van der Waals surface area contributed by atoms with Crippen molar-refractivity contribution in [3.05, 3.63) is 159 Å². The summed E-state index contributed by atoms with van der Waals surface area (Å²) in [6, 6.07) is 43.1. The van der Waals surface area contributed by atoms with Gasteiger partial charge in [0, 0.05) is 0 Å². The monoisotopic (exact) mass is 594 g/mol. The Labute approximate surface area is 245 Å². The van der Waals surface area contributed by atoms with Gasteiger partial charge in [0.15, 0.2) is 0 Å². The molecule has 0 atom stereocenters. The standard InChI is InChI=1S/2C10H9.2C6H6O.2CH3.Si.Zr/c2*1-8-6-9-4-2-3-5-10(9)7-8;2*7-6-4-2-1-3-5-6;;;;/h2*2-7H,1H3;2*1-5,7H;2*1H3;;/q2*-1;;;2*-1;;. The van der Waals surface area contributed by atoms with E-state index in [1.54, 1.807) is 48.5 Å². The Morgan fingerprint density at radius 1 is 0.500 bits per heavy atom. The Morgan fingerprint density at radius 3 is 1.05 bits per heavy atom. The minimum absolute atomic E-state index is 0. The average Bonchev–Trinajstić information content (AvgIpc) is 3.48. The number of phenols is 2. The average molecular weight is 596 g/mol. The first-order chi connectivity index (χ1) is 17.5. The quantitative estimate of drug-likeness (QED) is 0.136. The summed E-state index contributed by atoms with van der Waals surface area (Å²) >= 11 is 1.36. The second-order valence-electron chi connectivity index (χ2n) is 7.99. The van der Waals surface area contributed by atoms with E-state index >= 15 is 0 Å². The van der Waals surface area contributed by atoms with Crippen LogP contribution in [0.5, 0.6) is 11.5 Å². The maximum atomic E-state index is 8.63. The van der Waals surface area contributed by atoms with Crippen molar-refractivity contribution in [2.75, 3.05) is 0 Å². The fraction of sp³-hybridized carbons (Fsp3) is 0.0588. The molecule has 0 saturated carbocycles. The van der Waals surface area contributed by atoms with E-state index in [1.807, 2.05) is 12.1 Å². The summed E-state index contributed by atoms with van der Waals surface area (Å²) in [5.41, 5.74) is 2.70. The van der Waals surface area contributed by atoms with Crippen molar-refractivity contribution in [3.63, 3.8) is 0 Å². The zero-order valence-electron chi connectivity index (χ0n) is 22.6. The van der Waals surface area contributed by atoms with E-state index in [1.165, 1.54) is 56.0 Å². The Hall–Kier alpha value is -3.20. The first kappa shape index (κ1) is 34.8. The fourth-order valence-electron chi connectivity index (χ4n) is 3.47. The number of fused-ring (bicyclic) bond motifs is 2. The molecule has 2 radical (unpaired) electrons. The topological polar surface area (TPSA) is 40.5 Å². The number of rotatable bonds is 0. The second-order valence-corrected chi connectivity index (χ2v) is 7.99. The van der Waals surface area contributed by atoms with Gasteiger partial charge in [-0.15, -0.1) is 81.2 Å². The number of hydrogen-bond acceptors (Lipinski definition) is 2. The van der Waals surface area contributed by atoms with Gasteiger partial charge in [-0.05, 0) is 24.3 Å². The van der Waals surface area contributed by atoms with Gasteiger partial charge in [0.25, 0.3) is 0 Å². The summed E-state index contributed by atoms with van der Waals surface area (Å²) in [6.07, 6.45) is 0. The molecule has 2 N–H and O–H groups in total. The molecule has 0 unspecified atom stereocenters. The number of aryl methyl sites for hydroxylation is 2. The molecular formula is C34H36O2SiZr-4. The van der Waals surface area contributed by atoms with Crippen LogP contribution in [-0.2, 0) is 23.3 Å². The fourth-order valence-corrected chi connectivity index (χ4v) is 3.47. The van der Waals surface area contributed by atoms with Crippen molar-refractivity contribution in [2.24, 2.45) is 0 Å². The molecule has 0 bridgehead atoms. The minimum atomic E-state index is 0. The van der Waals surface area contributed by atoms with Crippen LogP contribution in [-0.4, -0.2) is 17.1 Å². The van der Waals surface area contributed by atoms with E-state index in [9.17, 15) is 0 Å². The molecule has 0 amide bonds. The summed E-state index contributed by atoms with van der Waals surface area (Å²) < 4.78 is 0. The summed E-state index contributed by atoms with van der Waals surface area (Å²) in [6.45, 7) is 7.31. The van der Waals surface area contributed by atoms with Crippen LogP contribution in [0.25, 0.3) is 21.5 Å². The normalized spacial score (nSPS) is 8.76. The molecule has 0 aromatic heterocycles. The Morgan fingerprint density at radius 2 is 0.789 bits per heavy atom. The predicted octanol–water partition coefficient (Wildman–Crippen LogP) is 9.04. The zero-order chi connectivity index (χ0) is 26.2. The molecular weight excluding hydrogens is 560 g/mol. The molecule has 0 heterocycles. The first-order valence-corrected chi connectivity index (χ1v) is 15.7. The van der Waals surface area contributed by atoms with Crippen molar-refractivity contribution in [1.29, 1.82) is 0 Å². The van der Waals surface area contributed by atoms with Crippen molar-refractivity contribution in [3.8, 4) is 11.5 Å². The SMILES string of the molecule is Cc1cc2ccccc2[cH-]1.Cc1cc2ccccc2[cH-]1.Oc1ccccc1.Oc1ccccc1.[CH3-].[CH3-].[Si]=[Zr]. The zero-order valence-corrected chi connectivity index (χ0v) is 26.1. The molecule has 0 aliphatic carbocycles. The summed E-state index contributed by atoms with van der Waals surface area (Å²) in [5.74, 6) is 0.644. The van der Waals surface area contributed by atoms with Crippen LogP contribution < -0.4 is 0 Å². The van der Waals surface area contributed by atoms with Gasteiger partial charge in [0.1, 0.15) is 11.5 Å². The van der Waals surface area contributed by atoms with Crippen molar-refractivity contribution >= 4 is 28.4 Å². The van der Waals surface area contributed by atoms with Gasteiger partial charge in [-0.25, -0.2) is 0 Å². The van der Waals surface area contributed by atoms with Crippen molar-refractivity contribution in [2.45, 2.75) is 13.8 Å². The van der Waals surface area contributed by atoms with Gasteiger partial charge in [0.05, 0.1) is 0 Å². The van der Waals surface area contributed by atoms with Gasteiger partial charge < -0.3 is 25.1 Å². The number of benzene rings is 4. The van der Waals surface area contributed by atoms with Gasteiger partial charge in [-0.2, -0.15) is 12.1 Å². The Kier molecular flexibility index (Phi) is 18.2. The predicted molar refractivity (Wildman–Crippen MR) is 163 cm³/mol. The Balaban J connectivity index is 0.000000468. The second kappa shape index (κ2) is 19.9. The third-order valence-electron chi connectivity index (χ3n) is 5.04. The molecule has 38 heavy (non-hydrogen) atoms. The van der Waals surface area contributed by atoms with Crippen LogP contribution in [0, 0.1) is 28.7 Å². The van der Waals surface area contributed by atoms with Gasteiger partial charge in [-0.1, -0.05) is 62.4 Å². The molecule has 196 valence electrons. The number of para-hydroxylation sites is 2. The molecule has 0 aliphatic rings. The molecule has 0 spiro atoms. The molecule has 2 nitrogen and oxygen atoms in total. The summed E-state index contributed by atoms with van der Waals surface area (Å²) in [7, 11) is 0. The third kappa shape index (κ3) is 12.9. The molecule has 6 aromatic carbocycles. The van der Waals surface area contributed by atoms with Crippen LogP contribution in [0.1, 0.15) is 11.1 Å². The number of hydrogen-bond donors (Lipinski definition) is 2. The van der Waals surface area contributed by atoms with E-state index < -0.39 is 0 Å². The van der Waals surface area contributed by atoms with Crippen LogP contribution in [0.2, 0.25) is 0 Å². The van der Waals surface area contributed by atoms with Crippen LogP contribution in [0.3, 0.4) is 0 Å². The first-order valence-electron chi connectivity index (χ1n) is 11.5. The molecule has 0 aliphatic heterocycles. The van der Waals surface area contributed by atoms with E-state index in [0.29, 0.717) is 11.5 Å². The molecule has 0 fully saturated rings.